The van der Waals surface area contributed by atoms with Crippen molar-refractivity contribution in [1.29, 1.82) is 0 Å². The zero-order valence-electron chi connectivity index (χ0n) is 12.0. The molecule has 1 aromatic rings. The predicted molar refractivity (Wildman–Crippen MR) is 78.9 cm³/mol. The van der Waals surface area contributed by atoms with Crippen LogP contribution in [0.25, 0.3) is 0 Å². The van der Waals surface area contributed by atoms with E-state index >= 15 is 0 Å². The van der Waals surface area contributed by atoms with Gasteiger partial charge in [-0.05, 0) is 31.5 Å². The van der Waals surface area contributed by atoms with Crippen LogP contribution in [0, 0.1) is 0 Å². The summed E-state index contributed by atoms with van der Waals surface area (Å²) in [6.07, 6.45) is 0.440. The maximum atomic E-state index is 12.0. The summed E-state index contributed by atoms with van der Waals surface area (Å²) in [6.45, 7) is 6.94. The number of quaternary nitrogens is 1. The first kappa shape index (κ1) is 15.3. The summed E-state index contributed by atoms with van der Waals surface area (Å²) in [6, 6.07) is 7.52. The molecule has 110 valence electrons. The molecule has 20 heavy (non-hydrogen) atoms. The van der Waals surface area contributed by atoms with E-state index in [1.54, 1.807) is 0 Å². The Balaban J connectivity index is 1.76. The molecule has 1 fully saturated rings. The van der Waals surface area contributed by atoms with Crippen molar-refractivity contribution in [3.8, 4) is 0 Å². The van der Waals surface area contributed by atoms with Crippen LogP contribution in [0.2, 0.25) is 5.02 Å². The van der Waals surface area contributed by atoms with E-state index in [9.17, 15) is 4.79 Å². The van der Waals surface area contributed by atoms with Gasteiger partial charge < -0.3 is 15.0 Å². The van der Waals surface area contributed by atoms with Crippen LogP contribution in [0.1, 0.15) is 19.4 Å². The van der Waals surface area contributed by atoms with E-state index < -0.39 is 0 Å². The number of carbonyl (C=O) groups excluding carboxylic acids is 1. The normalized spacial score (nSPS) is 26.2. The number of morpholine rings is 1. The van der Waals surface area contributed by atoms with Crippen LogP contribution in [0.4, 0.5) is 0 Å². The van der Waals surface area contributed by atoms with Crippen LogP contribution in [0.15, 0.2) is 24.3 Å². The zero-order chi connectivity index (χ0) is 14.5. The second kappa shape index (κ2) is 7.07. The van der Waals surface area contributed by atoms with Crippen molar-refractivity contribution >= 4 is 17.5 Å². The molecule has 0 bridgehead atoms. The summed E-state index contributed by atoms with van der Waals surface area (Å²) in [4.78, 5) is 13.2. The highest BCUT2D eigenvalue weighted by atomic mass is 35.5. The van der Waals surface area contributed by atoms with Gasteiger partial charge in [0.1, 0.15) is 25.3 Å². The molecule has 2 rings (SSSR count). The Kier molecular flexibility index (Phi) is 5.40. The number of hydrogen-bond donors (Lipinski definition) is 2. The molecule has 1 amide bonds. The molecular weight excluding hydrogens is 276 g/mol. The molecule has 0 saturated carbocycles. The first-order chi connectivity index (χ1) is 9.52. The number of benzene rings is 1. The molecule has 3 atom stereocenters. The van der Waals surface area contributed by atoms with Gasteiger partial charge in [0.15, 0.2) is 6.54 Å². The van der Waals surface area contributed by atoms with Crippen molar-refractivity contribution in [1.82, 2.24) is 5.32 Å². The minimum Gasteiger partial charge on any atom is -0.364 e. The monoisotopic (exact) mass is 297 g/mol. The summed E-state index contributed by atoms with van der Waals surface area (Å²) in [5.74, 6) is 0.0799. The Hall–Kier alpha value is -1.10. The molecule has 0 spiro atoms. The lowest BCUT2D eigenvalue weighted by molar-refractivity contribution is -0.907. The standard InChI is InChI=1S/C15H21ClN2O2/c1-11-8-18(9-12(2)20-11)10-15(19)17-7-13-3-5-14(16)6-4-13/h3-6,11-12H,7-10H2,1-2H3,(H,17,19)/p+1/t11-,12+. The number of ether oxygens (including phenoxy) is 1. The molecule has 1 saturated heterocycles. The van der Waals surface area contributed by atoms with Crippen molar-refractivity contribution in [2.24, 2.45) is 0 Å². The summed E-state index contributed by atoms with van der Waals surface area (Å²) in [7, 11) is 0. The quantitative estimate of drug-likeness (QED) is 0.857. The Bertz CT molecular complexity index is 440. The second-order valence-corrected chi connectivity index (χ2v) is 5.93. The van der Waals surface area contributed by atoms with Crippen LogP contribution in [-0.2, 0) is 16.1 Å². The molecule has 1 heterocycles. The largest absolute Gasteiger partial charge is 0.364 e. The van der Waals surface area contributed by atoms with E-state index in [4.69, 9.17) is 16.3 Å². The van der Waals surface area contributed by atoms with Gasteiger partial charge in [0.05, 0.1) is 0 Å². The minimum atomic E-state index is 0.0799. The van der Waals surface area contributed by atoms with Gasteiger partial charge in [-0.1, -0.05) is 23.7 Å². The topological polar surface area (TPSA) is 42.8 Å². The van der Waals surface area contributed by atoms with E-state index in [0.29, 0.717) is 18.1 Å². The average molecular weight is 298 g/mol. The molecule has 0 aromatic heterocycles. The lowest BCUT2D eigenvalue weighted by atomic mass is 10.2. The number of nitrogens with one attached hydrogen (secondary N) is 2. The molecule has 0 radical (unpaired) electrons. The van der Waals surface area contributed by atoms with Crippen molar-refractivity contribution < 1.29 is 14.4 Å². The highest BCUT2D eigenvalue weighted by molar-refractivity contribution is 6.30. The third kappa shape index (κ3) is 4.78. The van der Waals surface area contributed by atoms with E-state index in [-0.39, 0.29) is 18.1 Å². The predicted octanol–water partition coefficient (Wildman–Crippen LogP) is 0.648. The van der Waals surface area contributed by atoms with Crippen molar-refractivity contribution in [2.75, 3.05) is 19.6 Å². The highest BCUT2D eigenvalue weighted by Gasteiger charge is 2.26. The Labute approximate surface area is 125 Å². The molecule has 4 nitrogen and oxygen atoms in total. The summed E-state index contributed by atoms with van der Waals surface area (Å²) in [5.41, 5.74) is 1.06. The number of rotatable bonds is 4. The molecule has 1 aliphatic rings. The van der Waals surface area contributed by atoms with Gasteiger partial charge in [0.2, 0.25) is 0 Å². The van der Waals surface area contributed by atoms with Gasteiger partial charge in [-0.15, -0.1) is 0 Å². The fraction of sp³-hybridized carbons (Fsp3) is 0.533. The minimum absolute atomic E-state index is 0.0799. The van der Waals surface area contributed by atoms with E-state index in [1.807, 2.05) is 24.3 Å². The third-order valence-electron chi connectivity index (χ3n) is 3.43. The van der Waals surface area contributed by atoms with Crippen LogP contribution < -0.4 is 10.2 Å². The first-order valence-electron chi connectivity index (χ1n) is 7.03. The Morgan fingerprint density at radius 1 is 1.30 bits per heavy atom. The summed E-state index contributed by atoms with van der Waals surface area (Å²) >= 11 is 5.83. The maximum Gasteiger partial charge on any atom is 0.275 e. The zero-order valence-corrected chi connectivity index (χ0v) is 12.7. The van der Waals surface area contributed by atoms with E-state index in [0.717, 1.165) is 18.7 Å². The molecule has 1 aliphatic heterocycles. The Morgan fingerprint density at radius 3 is 2.50 bits per heavy atom. The molecule has 2 N–H and O–H groups in total. The first-order valence-corrected chi connectivity index (χ1v) is 7.41. The number of carbonyl (C=O) groups is 1. The van der Waals surface area contributed by atoms with Crippen molar-refractivity contribution in [3.05, 3.63) is 34.9 Å². The Morgan fingerprint density at radius 2 is 1.90 bits per heavy atom. The van der Waals surface area contributed by atoms with Gasteiger partial charge in [0.25, 0.3) is 5.91 Å². The fourth-order valence-electron chi connectivity index (χ4n) is 2.63. The van der Waals surface area contributed by atoms with Gasteiger partial charge in [0, 0.05) is 11.6 Å². The molecular formula is C15H22ClN2O2+. The molecule has 0 aliphatic carbocycles. The van der Waals surface area contributed by atoms with E-state index in [1.165, 1.54) is 4.90 Å². The van der Waals surface area contributed by atoms with Crippen LogP contribution in [-0.4, -0.2) is 37.7 Å². The molecule has 5 heteroatoms. The van der Waals surface area contributed by atoms with Crippen LogP contribution in [0.5, 0.6) is 0 Å². The van der Waals surface area contributed by atoms with Gasteiger partial charge in [-0.3, -0.25) is 4.79 Å². The van der Waals surface area contributed by atoms with Gasteiger partial charge >= 0.3 is 0 Å². The number of halogens is 1. The molecule has 1 aromatic carbocycles. The highest BCUT2D eigenvalue weighted by Crippen LogP contribution is 2.08. The smallest absolute Gasteiger partial charge is 0.275 e. The number of hydrogen-bond acceptors (Lipinski definition) is 2. The van der Waals surface area contributed by atoms with Crippen LogP contribution >= 0.6 is 11.6 Å². The van der Waals surface area contributed by atoms with Crippen molar-refractivity contribution in [3.63, 3.8) is 0 Å². The van der Waals surface area contributed by atoms with Gasteiger partial charge in [-0.2, -0.15) is 0 Å². The van der Waals surface area contributed by atoms with Gasteiger partial charge in [-0.25, -0.2) is 0 Å². The lowest BCUT2D eigenvalue weighted by Crippen LogP contribution is -3.16. The SMILES string of the molecule is C[C@@H]1C[NH+](CC(=O)NCc2ccc(Cl)cc2)C[C@H](C)O1. The fourth-order valence-corrected chi connectivity index (χ4v) is 2.75. The third-order valence-corrected chi connectivity index (χ3v) is 3.68. The average Bonchev–Trinajstić information content (AvgIpc) is 2.37. The van der Waals surface area contributed by atoms with Crippen LogP contribution in [0.3, 0.4) is 0 Å². The second-order valence-electron chi connectivity index (χ2n) is 5.50. The van der Waals surface area contributed by atoms with Crippen molar-refractivity contribution in [2.45, 2.75) is 32.6 Å². The summed E-state index contributed by atoms with van der Waals surface area (Å²) in [5, 5.41) is 3.66. The number of amides is 1. The maximum absolute atomic E-state index is 12.0. The molecule has 1 unspecified atom stereocenters. The van der Waals surface area contributed by atoms with E-state index in [2.05, 4.69) is 19.2 Å². The summed E-state index contributed by atoms with van der Waals surface area (Å²) < 4.78 is 5.67. The lowest BCUT2D eigenvalue weighted by Gasteiger charge is -2.31.